The Morgan fingerprint density at radius 2 is 1.61 bits per heavy atom. The third-order valence-electron chi connectivity index (χ3n) is 4.73. The number of sulfone groups is 1. The van der Waals surface area contributed by atoms with E-state index in [1.54, 1.807) is 48.8 Å². The molecule has 0 unspecified atom stereocenters. The molecule has 2 heterocycles. The molecular formula is C25H20N4O3S. The van der Waals surface area contributed by atoms with Gasteiger partial charge in [-0.15, -0.1) is 0 Å². The number of pyridine rings is 2. The van der Waals surface area contributed by atoms with E-state index in [9.17, 15) is 13.2 Å². The molecule has 0 atom stereocenters. The highest BCUT2D eigenvalue weighted by Gasteiger charge is 2.07. The molecule has 0 aliphatic heterocycles. The summed E-state index contributed by atoms with van der Waals surface area (Å²) in [6.07, 6.45) is 4.59. The van der Waals surface area contributed by atoms with Gasteiger partial charge in [-0.25, -0.2) is 18.4 Å². The highest BCUT2D eigenvalue weighted by atomic mass is 32.2. The fraction of sp³-hybridized carbons (Fsp3) is 0.0800. The molecule has 33 heavy (non-hydrogen) atoms. The Hall–Kier alpha value is -4.22. The maximum Gasteiger partial charge on any atom is 0.221 e. The van der Waals surface area contributed by atoms with Crippen molar-refractivity contribution in [1.82, 2.24) is 9.97 Å². The summed E-state index contributed by atoms with van der Waals surface area (Å²) in [6, 6.07) is 17.5. The Kier molecular flexibility index (Phi) is 6.07. The van der Waals surface area contributed by atoms with E-state index in [1.807, 2.05) is 24.3 Å². The predicted octanol–water partition coefficient (Wildman–Crippen LogP) is 4.14. The SMILES string of the molecule is CC(=O)Nc1ccc(C#Cc2nccc3cnc(Nc4ccc(S(C)(=O)=O)cc4)cc23)cc1. The molecule has 0 aliphatic carbocycles. The summed E-state index contributed by atoms with van der Waals surface area (Å²) in [6.45, 7) is 1.46. The van der Waals surface area contributed by atoms with Crippen LogP contribution in [0.4, 0.5) is 17.2 Å². The number of nitrogens with one attached hydrogen (secondary N) is 2. The molecule has 0 bridgehead atoms. The first-order valence-corrected chi connectivity index (χ1v) is 11.9. The topological polar surface area (TPSA) is 101 Å². The molecule has 0 radical (unpaired) electrons. The van der Waals surface area contributed by atoms with E-state index in [2.05, 4.69) is 32.4 Å². The maximum absolute atomic E-state index is 11.6. The second kappa shape index (κ2) is 9.10. The molecule has 0 aliphatic rings. The van der Waals surface area contributed by atoms with Gasteiger partial charge in [-0.2, -0.15) is 0 Å². The van der Waals surface area contributed by atoms with E-state index in [0.29, 0.717) is 22.9 Å². The Bertz CT molecular complexity index is 1500. The lowest BCUT2D eigenvalue weighted by atomic mass is 10.1. The van der Waals surface area contributed by atoms with Crippen molar-refractivity contribution in [1.29, 1.82) is 0 Å². The van der Waals surface area contributed by atoms with Gasteiger partial charge in [-0.3, -0.25) is 4.79 Å². The van der Waals surface area contributed by atoms with Gasteiger partial charge >= 0.3 is 0 Å². The maximum atomic E-state index is 11.6. The van der Waals surface area contributed by atoms with Crippen molar-refractivity contribution >= 4 is 43.7 Å². The standard InChI is InChI=1S/C25H20N4O3S/c1-17(30)28-20-6-3-18(4-7-20)5-12-24-23-15-25(27-16-19(23)13-14-26-24)29-21-8-10-22(11-9-21)33(2,31)32/h3-4,6-11,13-16H,1-2H3,(H,27,29)(H,28,30). The third-order valence-corrected chi connectivity index (χ3v) is 5.86. The fourth-order valence-electron chi connectivity index (χ4n) is 3.14. The number of hydrogen-bond donors (Lipinski definition) is 2. The Balaban J connectivity index is 1.60. The van der Waals surface area contributed by atoms with Crippen LogP contribution in [0.3, 0.4) is 0 Å². The number of benzene rings is 2. The summed E-state index contributed by atoms with van der Waals surface area (Å²) in [5.41, 5.74) is 2.82. The minimum absolute atomic E-state index is 0.127. The number of amides is 1. The first-order valence-electron chi connectivity index (χ1n) is 9.99. The van der Waals surface area contributed by atoms with Crippen LogP contribution in [-0.4, -0.2) is 30.5 Å². The van der Waals surface area contributed by atoms with Crippen molar-refractivity contribution in [2.75, 3.05) is 16.9 Å². The van der Waals surface area contributed by atoms with Crippen molar-refractivity contribution < 1.29 is 13.2 Å². The van der Waals surface area contributed by atoms with Gasteiger partial charge in [0.2, 0.25) is 5.91 Å². The molecule has 2 N–H and O–H groups in total. The number of rotatable bonds is 4. The van der Waals surface area contributed by atoms with Gasteiger partial charge < -0.3 is 10.6 Å². The molecular weight excluding hydrogens is 436 g/mol. The van der Waals surface area contributed by atoms with Gasteiger partial charge in [0.25, 0.3) is 0 Å². The van der Waals surface area contributed by atoms with E-state index in [4.69, 9.17) is 0 Å². The van der Waals surface area contributed by atoms with Gasteiger partial charge in [0, 0.05) is 53.3 Å². The van der Waals surface area contributed by atoms with Crippen LogP contribution in [-0.2, 0) is 14.6 Å². The molecule has 4 aromatic rings. The zero-order valence-electron chi connectivity index (χ0n) is 18.0. The average Bonchev–Trinajstić information content (AvgIpc) is 2.78. The fourth-order valence-corrected chi connectivity index (χ4v) is 3.77. The van der Waals surface area contributed by atoms with E-state index in [1.165, 1.54) is 13.2 Å². The van der Waals surface area contributed by atoms with Crippen LogP contribution >= 0.6 is 0 Å². The van der Waals surface area contributed by atoms with Crippen LogP contribution in [0.15, 0.2) is 78.0 Å². The largest absolute Gasteiger partial charge is 0.340 e. The molecule has 0 fully saturated rings. The van der Waals surface area contributed by atoms with Crippen molar-refractivity contribution in [3.8, 4) is 11.8 Å². The predicted molar refractivity (Wildman–Crippen MR) is 129 cm³/mol. The molecule has 4 rings (SSSR count). The summed E-state index contributed by atoms with van der Waals surface area (Å²) in [4.78, 5) is 20.2. The molecule has 0 saturated carbocycles. The number of carbonyl (C=O) groups is 1. The highest BCUT2D eigenvalue weighted by molar-refractivity contribution is 7.90. The lowest BCUT2D eigenvalue weighted by Crippen LogP contribution is -2.05. The Morgan fingerprint density at radius 1 is 0.909 bits per heavy atom. The minimum Gasteiger partial charge on any atom is -0.340 e. The van der Waals surface area contributed by atoms with Crippen molar-refractivity contribution in [3.63, 3.8) is 0 Å². The lowest BCUT2D eigenvalue weighted by molar-refractivity contribution is -0.114. The van der Waals surface area contributed by atoms with E-state index < -0.39 is 9.84 Å². The van der Waals surface area contributed by atoms with E-state index in [0.717, 1.165) is 16.3 Å². The van der Waals surface area contributed by atoms with Crippen LogP contribution < -0.4 is 10.6 Å². The summed E-state index contributed by atoms with van der Waals surface area (Å²) in [7, 11) is -3.25. The lowest BCUT2D eigenvalue weighted by Gasteiger charge is -2.08. The number of carbonyl (C=O) groups excluding carboxylic acids is 1. The molecule has 8 heteroatoms. The summed E-state index contributed by atoms with van der Waals surface area (Å²) >= 11 is 0. The minimum atomic E-state index is -3.25. The molecule has 2 aromatic heterocycles. The van der Waals surface area contributed by atoms with Crippen LogP contribution in [0.1, 0.15) is 18.2 Å². The van der Waals surface area contributed by atoms with Gasteiger partial charge in [-0.1, -0.05) is 5.92 Å². The van der Waals surface area contributed by atoms with Gasteiger partial charge in [0.1, 0.15) is 11.5 Å². The molecule has 0 spiro atoms. The highest BCUT2D eigenvalue weighted by Crippen LogP contribution is 2.22. The van der Waals surface area contributed by atoms with Gasteiger partial charge in [0.15, 0.2) is 9.84 Å². The second-order valence-corrected chi connectivity index (χ2v) is 9.40. The normalized spacial score (nSPS) is 10.8. The summed E-state index contributed by atoms with van der Waals surface area (Å²) < 4.78 is 23.3. The van der Waals surface area contributed by atoms with Crippen LogP contribution in [0.25, 0.3) is 10.8 Å². The second-order valence-electron chi connectivity index (χ2n) is 7.38. The van der Waals surface area contributed by atoms with Gasteiger partial charge in [-0.05, 0) is 66.6 Å². The Labute approximate surface area is 191 Å². The summed E-state index contributed by atoms with van der Waals surface area (Å²) in [5.74, 6) is 6.67. The molecule has 2 aromatic carbocycles. The van der Waals surface area contributed by atoms with Crippen molar-refractivity contribution in [3.05, 3.63) is 84.3 Å². The van der Waals surface area contributed by atoms with Crippen LogP contribution in [0.5, 0.6) is 0 Å². The number of aromatic nitrogens is 2. The van der Waals surface area contributed by atoms with Crippen LogP contribution in [0, 0.1) is 11.8 Å². The zero-order chi connectivity index (χ0) is 23.4. The number of hydrogen-bond acceptors (Lipinski definition) is 6. The molecule has 164 valence electrons. The summed E-state index contributed by atoms with van der Waals surface area (Å²) in [5, 5.41) is 7.64. The molecule has 7 nitrogen and oxygen atoms in total. The quantitative estimate of drug-likeness (QED) is 0.448. The average molecular weight is 457 g/mol. The Morgan fingerprint density at radius 3 is 2.27 bits per heavy atom. The van der Waals surface area contributed by atoms with Crippen LogP contribution in [0.2, 0.25) is 0 Å². The van der Waals surface area contributed by atoms with Crippen molar-refractivity contribution in [2.24, 2.45) is 0 Å². The molecule has 1 amide bonds. The number of fused-ring (bicyclic) bond motifs is 1. The zero-order valence-corrected chi connectivity index (χ0v) is 18.8. The number of anilines is 3. The van der Waals surface area contributed by atoms with Crippen molar-refractivity contribution in [2.45, 2.75) is 11.8 Å². The smallest absolute Gasteiger partial charge is 0.221 e. The number of nitrogens with zero attached hydrogens (tertiary/aromatic N) is 2. The van der Waals surface area contributed by atoms with E-state index in [-0.39, 0.29) is 10.8 Å². The first-order chi connectivity index (χ1) is 15.8. The first kappa shape index (κ1) is 22.0. The van der Waals surface area contributed by atoms with Gasteiger partial charge in [0.05, 0.1) is 4.90 Å². The third kappa shape index (κ3) is 5.53. The molecule has 0 saturated heterocycles. The monoisotopic (exact) mass is 456 g/mol. The van der Waals surface area contributed by atoms with E-state index >= 15 is 0 Å².